The molecule has 6 heteroatoms. The number of hydrogen-bond acceptors (Lipinski definition) is 5. The standard InChI is InChI=1S/C25H29N3O2S/c1-19(2)20-8-10-22(11-9-20)30-17-25(29)28-14-12-27(13-15-28)16-24-26-23(18-31-24)21-6-4-3-5-7-21/h3-11,18-19H,12-17H2,1-2H3. The highest BCUT2D eigenvalue weighted by Gasteiger charge is 2.22. The molecule has 1 aliphatic heterocycles. The Morgan fingerprint density at radius 1 is 1.03 bits per heavy atom. The lowest BCUT2D eigenvalue weighted by Gasteiger charge is -2.34. The van der Waals surface area contributed by atoms with Gasteiger partial charge in [-0.05, 0) is 23.6 Å². The topological polar surface area (TPSA) is 45.7 Å². The van der Waals surface area contributed by atoms with E-state index in [0.29, 0.717) is 5.92 Å². The summed E-state index contributed by atoms with van der Waals surface area (Å²) in [5, 5.41) is 3.24. The van der Waals surface area contributed by atoms with E-state index >= 15 is 0 Å². The van der Waals surface area contributed by atoms with E-state index in [1.54, 1.807) is 11.3 Å². The Labute approximate surface area is 188 Å². The molecular formula is C25H29N3O2S. The summed E-state index contributed by atoms with van der Waals surface area (Å²) in [6.45, 7) is 8.42. The number of carbonyl (C=O) groups excluding carboxylic acids is 1. The quantitative estimate of drug-likeness (QED) is 0.542. The summed E-state index contributed by atoms with van der Waals surface area (Å²) in [7, 11) is 0. The van der Waals surface area contributed by atoms with E-state index in [1.807, 2.05) is 35.2 Å². The Morgan fingerprint density at radius 2 is 1.74 bits per heavy atom. The summed E-state index contributed by atoms with van der Waals surface area (Å²) in [5.74, 6) is 1.28. The van der Waals surface area contributed by atoms with Crippen LogP contribution in [0.3, 0.4) is 0 Å². The van der Waals surface area contributed by atoms with Crippen molar-refractivity contribution >= 4 is 17.2 Å². The molecule has 1 saturated heterocycles. The van der Waals surface area contributed by atoms with Crippen molar-refractivity contribution in [2.24, 2.45) is 0 Å². The number of carbonyl (C=O) groups is 1. The molecule has 0 saturated carbocycles. The molecule has 0 unspecified atom stereocenters. The molecular weight excluding hydrogens is 406 g/mol. The zero-order valence-electron chi connectivity index (χ0n) is 18.2. The van der Waals surface area contributed by atoms with Gasteiger partial charge in [0.15, 0.2) is 6.61 Å². The predicted octanol–water partition coefficient (Wildman–Crippen LogP) is 4.66. The highest BCUT2D eigenvalue weighted by molar-refractivity contribution is 7.09. The van der Waals surface area contributed by atoms with E-state index in [0.717, 1.165) is 54.7 Å². The van der Waals surface area contributed by atoms with Crippen LogP contribution in [0.15, 0.2) is 60.0 Å². The Morgan fingerprint density at radius 3 is 2.42 bits per heavy atom. The van der Waals surface area contributed by atoms with Gasteiger partial charge in [-0.2, -0.15) is 0 Å². The Hall–Kier alpha value is -2.70. The van der Waals surface area contributed by atoms with Crippen LogP contribution >= 0.6 is 11.3 Å². The summed E-state index contributed by atoms with van der Waals surface area (Å²) >= 11 is 1.70. The summed E-state index contributed by atoms with van der Waals surface area (Å²) in [4.78, 5) is 21.6. The number of nitrogens with zero attached hydrogens (tertiary/aromatic N) is 3. The summed E-state index contributed by atoms with van der Waals surface area (Å²) in [6, 6.07) is 18.3. The maximum Gasteiger partial charge on any atom is 0.260 e. The first-order valence-electron chi connectivity index (χ1n) is 10.8. The van der Waals surface area contributed by atoms with E-state index in [4.69, 9.17) is 9.72 Å². The molecule has 3 aromatic rings. The van der Waals surface area contributed by atoms with Crippen molar-refractivity contribution in [3.63, 3.8) is 0 Å². The second-order valence-electron chi connectivity index (χ2n) is 8.16. The third-order valence-electron chi connectivity index (χ3n) is 5.61. The van der Waals surface area contributed by atoms with Gasteiger partial charge in [0, 0.05) is 37.1 Å². The maximum atomic E-state index is 12.5. The van der Waals surface area contributed by atoms with E-state index in [-0.39, 0.29) is 12.5 Å². The van der Waals surface area contributed by atoms with Crippen LogP contribution in [0.4, 0.5) is 0 Å². The molecule has 0 bridgehead atoms. The van der Waals surface area contributed by atoms with Gasteiger partial charge in [-0.3, -0.25) is 9.69 Å². The number of amides is 1. The number of thiazole rings is 1. The average Bonchev–Trinajstić information content (AvgIpc) is 3.27. The minimum atomic E-state index is 0.0493. The average molecular weight is 436 g/mol. The van der Waals surface area contributed by atoms with E-state index < -0.39 is 0 Å². The molecule has 5 nitrogen and oxygen atoms in total. The normalized spacial score (nSPS) is 14.7. The van der Waals surface area contributed by atoms with Crippen molar-refractivity contribution < 1.29 is 9.53 Å². The lowest BCUT2D eigenvalue weighted by atomic mass is 10.0. The molecule has 1 aromatic heterocycles. The fraction of sp³-hybridized carbons (Fsp3) is 0.360. The first-order chi connectivity index (χ1) is 15.1. The van der Waals surface area contributed by atoms with Crippen LogP contribution in [-0.4, -0.2) is 53.5 Å². The molecule has 162 valence electrons. The minimum Gasteiger partial charge on any atom is -0.484 e. The molecule has 0 radical (unpaired) electrons. The number of ether oxygens (including phenoxy) is 1. The third-order valence-corrected chi connectivity index (χ3v) is 6.45. The summed E-state index contributed by atoms with van der Waals surface area (Å²) in [6.07, 6.45) is 0. The monoisotopic (exact) mass is 435 g/mol. The van der Waals surface area contributed by atoms with Crippen LogP contribution in [0.5, 0.6) is 5.75 Å². The Bertz CT molecular complexity index is 978. The first-order valence-corrected chi connectivity index (χ1v) is 11.7. The molecule has 0 spiro atoms. The van der Waals surface area contributed by atoms with Gasteiger partial charge >= 0.3 is 0 Å². The van der Waals surface area contributed by atoms with Crippen LogP contribution in [0.1, 0.15) is 30.3 Å². The van der Waals surface area contributed by atoms with E-state index in [2.05, 4.69) is 48.4 Å². The first kappa shape index (κ1) is 21.5. The third kappa shape index (κ3) is 5.71. The maximum absolute atomic E-state index is 12.5. The molecule has 31 heavy (non-hydrogen) atoms. The minimum absolute atomic E-state index is 0.0493. The van der Waals surface area contributed by atoms with Gasteiger partial charge in [0.1, 0.15) is 10.8 Å². The Kier molecular flexibility index (Phi) is 6.99. The number of piperazine rings is 1. The molecule has 2 heterocycles. The van der Waals surface area contributed by atoms with Gasteiger partial charge < -0.3 is 9.64 Å². The van der Waals surface area contributed by atoms with Gasteiger partial charge in [-0.15, -0.1) is 11.3 Å². The molecule has 2 aromatic carbocycles. The second kappa shape index (κ2) is 10.1. The predicted molar refractivity (Wildman–Crippen MR) is 125 cm³/mol. The van der Waals surface area contributed by atoms with Crippen molar-refractivity contribution in [1.29, 1.82) is 0 Å². The zero-order valence-corrected chi connectivity index (χ0v) is 19.0. The van der Waals surface area contributed by atoms with Crippen molar-refractivity contribution in [3.8, 4) is 17.0 Å². The lowest BCUT2D eigenvalue weighted by Crippen LogP contribution is -2.49. The molecule has 1 aliphatic rings. The van der Waals surface area contributed by atoms with Crippen molar-refractivity contribution in [3.05, 3.63) is 70.5 Å². The second-order valence-corrected chi connectivity index (χ2v) is 9.10. The summed E-state index contributed by atoms with van der Waals surface area (Å²) in [5.41, 5.74) is 3.46. The smallest absolute Gasteiger partial charge is 0.260 e. The fourth-order valence-electron chi connectivity index (χ4n) is 3.66. The lowest BCUT2D eigenvalue weighted by molar-refractivity contribution is -0.135. The van der Waals surface area contributed by atoms with Gasteiger partial charge in [-0.1, -0.05) is 56.3 Å². The van der Waals surface area contributed by atoms with Crippen molar-refractivity contribution in [1.82, 2.24) is 14.8 Å². The highest BCUT2D eigenvalue weighted by Crippen LogP contribution is 2.23. The largest absolute Gasteiger partial charge is 0.484 e. The molecule has 0 aliphatic carbocycles. The van der Waals surface area contributed by atoms with E-state index in [1.165, 1.54) is 5.56 Å². The van der Waals surface area contributed by atoms with Gasteiger partial charge in [0.2, 0.25) is 0 Å². The number of hydrogen-bond donors (Lipinski definition) is 0. The van der Waals surface area contributed by atoms with Gasteiger partial charge in [0.05, 0.1) is 12.2 Å². The fourth-order valence-corrected chi connectivity index (χ4v) is 4.50. The van der Waals surface area contributed by atoms with Crippen LogP contribution < -0.4 is 4.74 Å². The van der Waals surface area contributed by atoms with Gasteiger partial charge in [-0.25, -0.2) is 4.98 Å². The molecule has 0 N–H and O–H groups in total. The van der Waals surface area contributed by atoms with Crippen LogP contribution in [0, 0.1) is 0 Å². The van der Waals surface area contributed by atoms with Crippen molar-refractivity contribution in [2.75, 3.05) is 32.8 Å². The van der Waals surface area contributed by atoms with Crippen LogP contribution in [0.2, 0.25) is 0 Å². The molecule has 0 atom stereocenters. The number of aromatic nitrogens is 1. The zero-order chi connectivity index (χ0) is 21.6. The summed E-state index contributed by atoms with van der Waals surface area (Å²) < 4.78 is 5.71. The van der Waals surface area contributed by atoms with Crippen LogP contribution in [-0.2, 0) is 11.3 Å². The van der Waals surface area contributed by atoms with Crippen molar-refractivity contribution in [2.45, 2.75) is 26.3 Å². The number of benzene rings is 2. The van der Waals surface area contributed by atoms with E-state index in [9.17, 15) is 4.79 Å². The van der Waals surface area contributed by atoms with Gasteiger partial charge in [0.25, 0.3) is 5.91 Å². The molecule has 1 amide bonds. The Balaban J connectivity index is 1.22. The highest BCUT2D eigenvalue weighted by atomic mass is 32.1. The SMILES string of the molecule is CC(C)c1ccc(OCC(=O)N2CCN(Cc3nc(-c4ccccc4)cs3)CC2)cc1. The van der Waals surface area contributed by atoms with Crippen LogP contribution in [0.25, 0.3) is 11.3 Å². The molecule has 1 fully saturated rings. The molecule has 4 rings (SSSR count). The number of rotatable bonds is 7.